The van der Waals surface area contributed by atoms with Crippen molar-refractivity contribution in [3.05, 3.63) is 265 Å². The normalized spacial score (nSPS) is 14.0. The maximum absolute atomic E-state index is 2.55. The summed E-state index contributed by atoms with van der Waals surface area (Å²) in [5.74, 6) is 0. The van der Waals surface area contributed by atoms with Crippen molar-refractivity contribution in [2.75, 3.05) is 0 Å². The second-order valence-electron chi connectivity index (χ2n) is 17.9. The Morgan fingerprint density at radius 1 is 0.273 bits per heavy atom. The standard InChI is InChI=1S/C66H48/c1-2-40-66(55-37-34-48(35-38-55)45-18-6-3-7-19-45)62-29-17-16-24-56(62)57-39-36-51(44-63(57)66)65-60-27-14-12-25-58(60)64(59-26-13-15-28-61(59)65)50-32-30-49(31-33-50)54-42-52(46-20-8-4-9-21-46)41-53(43-54)47-22-10-5-11-23-47/h3-39,41-44H,2,40H2,1H3. The molecule has 0 radical (unpaired) electrons. The van der Waals surface area contributed by atoms with E-state index >= 15 is 0 Å². The molecule has 11 aromatic carbocycles. The summed E-state index contributed by atoms with van der Waals surface area (Å²) in [6, 6.07) is 92.4. The first kappa shape index (κ1) is 39.5. The van der Waals surface area contributed by atoms with E-state index in [1.54, 1.807) is 0 Å². The molecule has 0 bridgehead atoms. The Morgan fingerprint density at radius 2 is 0.636 bits per heavy atom. The third kappa shape index (κ3) is 6.60. The minimum Gasteiger partial charge on any atom is -0.0653 e. The van der Waals surface area contributed by atoms with Crippen LogP contribution in [-0.2, 0) is 5.41 Å². The number of fused-ring (bicyclic) bond motifs is 5. The summed E-state index contributed by atoms with van der Waals surface area (Å²) < 4.78 is 0. The topological polar surface area (TPSA) is 0 Å². The van der Waals surface area contributed by atoms with E-state index < -0.39 is 0 Å². The Labute approximate surface area is 388 Å². The van der Waals surface area contributed by atoms with E-state index in [-0.39, 0.29) is 5.41 Å². The molecule has 0 saturated heterocycles. The molecule has 312 valence electrons. The molecule has 0 aromatic heterocycles. The van der Waals surface area contributed by atoms with Gasteiger partial charge in [-0.05, 0) is 147 Å². The van der Waals surface area contributed by atoms with E-state index in [2.05, 4.69) is 256 Å². The highest BCUT2D eigenvalue weighted by molar-refractivity contribution is 6.21. The highest BCUT2D eigenvalue weighted by Crippen LogP contribution is 2.56. The molecule has 0 fully saturated rings. The van der Waals surface area contributed by atoms with Gasteiger partial charge in [0.1, 0.15) is 0 Å². The first-order chi connectivity index (χ1) is 32.7. The van der Waals surface area contributed by atoms with Crippen LogP contribution in [0.5, 0.6) is 0 Å². The summed E-state index contributed by atoms with van der Waals surface area (Å²) in [5, 5.41) is 5.05. The zero-order valence-corrected chi connectivity index (χ0v) is 37.1. The van der Waals surface area contributed by atoms with Crippen LogP contribution < -0.4 is 0 Å². The average Bonchev–Trinajstić information content (AvgIpc) is 3.68. The predicted octanol–water partition coefficient (Wildman–Crippen LogP) is 18.1. The van der Waals surface area contributed by atoms with Crippen molar-refractivity contribution in [3.63, 3.8) is 0 Å². The van der Waals surface area contributed by atoms with E-state index in [4.69, 9.17) is 0 Å². The van der Waals surface area contributed by atoms with Gasteiger partial charge in [-0.1, -0.05) is 238 Å². The molecule has 0 heteroatoms. The van der Waals surface area contributed by atoms with Gasteiger partial charge >= 0.3 is 0 Å². The Balaban J connectivity index is 1.00. The monoisotopic (exact) mass is 840 g/mol. The Morgan fingerprint density at radius 3 is 1.15 bits per heavy atom. The predicted molar refractivity (Wildman–Crippen MR) is 281 cm³/mol. The van der Waals surface area contributed by atoms with Crippen LogP contribution in [0.2, 0.25) is 0 Å². The lowest BCUT2D eigenvalue weighted by Gasteiger charge is -2.33. The quantitative estimate of drug-likeness (QED) is 0.127. The van der Waals surface area contributed by atoms with Crippen LogP contribution in [0.1, 0.15) is 36.5 Å². The highest BCUT2D eigenvalue weighted by Gasteiger charge is 2.44. The van der Waals surface area contributed by atoms with Crippen LogP contribution in [0.4, 0.5) is 0 Å². The number of benzene rings is 11. The van der Waals surface area contributed by atoms with Crippen LogP contribution in [0.15, 0.2) is 249 Å². The number of hydrogen-bond acceptors (Lipinski definition) is 0. The summed E-state index contributed by atoms with van der Waals surface area (Å²) >= 11 is 0. The molecule has 1 unspecified atom stereocenters. The molecule has 12 rings (SSSR count). The minimum atomic E-state index is -0.276. The van der Waals surface area contributed by atoms with Gasteiger partial charge in [0, 0.05) is 5.41 Å². The molecule has 0 heterocycles. The second kappa shape index (κ2) is 16.5. The lowest BCUT2D eigenvalue weighted by Crippen LogP contribution is -2.26. The summed E-state index contributed by atoms with van der Waals surface area (Å²) in [6.45, 7) is 2.33. The fourth-order valence-corrected chi connectivity index (χ4v) is 11.2. The number of rotatable bonds is 9. The van der Waals surface area contributed by atoms with Crippen molar-refractivity contribution in [1.29, 1.82) is 0 Å². The third-order valence-electron chi connectivity index (χ3n) is 14.1. The molecule has 0 N–H and O–H groups in total. The fraction of sp³-hybridized carbons (Fsp3) is 0.0606. The molecule has 0 nitrogen and oxygen atoms in total. The molecule has 66 heavy (non-hydrogen) atoms. The molecule has 1 aliphatic rings. The minimum absolute atomic E-state index is 0.276. The van der Waals surface area contributed by atoms with E-state index in [1.807, 2.05) is 0 Å². The maximum atomic E-state index is 2.55. The average molecular weight is 841 g/mol. The van der Waals surface area contributed by atoms with Gasteiger partial charge in [-0.25, -0.2) is 0 Å². The smallest absolute Gasteiger partial charge is 0.0463 e. The molecule has 0 amide bonds. The van der Waals surface area contributed by atoms with Gasteiger partial charge < -0.3 is 0 Å². The van der Waals surface area contributed by atoms with Gasteiger partial charge in [0.25, 0.3) is 0 Å². The first-order valence-corrected chi connectivity index (χ1v) is 23.4. The van der Waals surface area contributed by atoms with Crippen LogP contribution >= 0.6 is 0 Å². The molecule has 1 aliphatic carbocycles. The SMILES string of the molecule is CCCC1(c2ccc(-c3ccccc3)cc2)c2ccccc2-c2ccc(-c3c4ccccc4c(-c4ccc(-c5cc(-c6ccccc6)cc(-c6ccccc6)c5)cc4)c4ccccc34)cc21. The van der Waals surface area contributed by atoms with Gasteiger partial charge in [0.15, 0.2) is 0 Å². The van der Waals surface area contributed by atoms with Crippen molar-refractivity contribution in [1.82, 2.24) is 0 Å². The van der Waals surface area contributed by atoms with Gasteiger partial charge in [-0.15, -0.1) is 0 Å². The zero-order valence-electron chi connectivity index (χ0n) is 37.1. The molecule has 1 atom stereocenters. The summed E-state index contributed by atoms with van der Waals surface area (Å²) in [6.07, 6.45) is 2.08. The van der Waals surface area contributed by atoms with Crippen molar-refractivity contribution >= 4 is 21.5 Å². The lowest BCUT2D eigenvalue weighted by atomic mass is 9.69. The maximum Gasteiger partial charge on any atom is 0.0463 e. The van der Waals surface area contributed by atoms with E-state index in [0.29, 0.717) is 0 Å². The fourth-order valence-electron chi connectivity index (χ4n) is 11.2. The van der Waals surface area contributed by atoms with E-state index in [0.717, 1.165) is 12.8 Å². The van der Waals surface area contributed by atoms with Crippen LogP contribution in [0, 0.1) is 0 Å². The van der Waals surface area contributed by atoms with Crippen molar-refractivity contribution in [3.8, 4) is 77.9 Å². The molecule has 0 saturated carbocycles. The van der Waals surface area contributed by atoms with Crippen LogP contribution in [-0.4, -0.2) is 0 Å². The van der Waals surface area contributed by atoms with Gasteiger partial charge in [-0.2, -0.15) is 0 Å². The first-order valence-electron chi connectivity index (χ1n) is 23.4. The Hall–Kier alpha value is -8.06. The molecule has 0 spiro atoms. The van der Waals surface area contributed by atoms with Crippen molar-refractivity contribution in [2.45, 2.75) is 25.2 Å². The largest absolute Gasteiger partial charge is 0.0653 e. The summed E-state index contributed by atoms with van der Waals surface area (Å²) in [7, 11) is 0. The highest BCUT2D eigenvalue weighted by atomic mass is 14.5. The summed E-state index contributed by atoms with van der Waals surface area (Å²) in [5.41, 5.74) is 21.3. The molecule has 11 aromatic rings. The second-order valence-corrected chi connectivity index (χ2v) is 17.9. The number of hydrogen-bond donors (Lipinski definition) is 0. The van der Waals surface area contributed by atoms with Crippen molar-refractivity contribution in [2.24, 2.45) is 0 Å². The van der Waals surface area contributed by atoms with E-state index in [1.165, 1.54) is 116 Å². The van der Waals surface area contributed by atoms with Crippen LogP contribution in [0.25, 0.3) is 99.4 Å². The summed E-state index contributed by atoms with van der Waals surface area (Å²) in [4.78, 5) is 0. The molecule has 0 aliphatic heterocycles. The molecular formula is C66H48. The van der Waals surface area contributed by atoms with Gasteiger partial charge in [0.2, 0.25) is 0 Å². The van der Waals surface area contributed by atoms with Crippen molar-refractivity contribution < 1.29 is 0 Å². The van der Waals surface area contributed by atoms with E-state index in [9.17, 15) is 0 Å². The van der Waals surface area contributed by atoms with Crippen LogP contribution in [0.3, 0.4) is 0 Å². The Kier molecular flexibility index (Phi) is 9.88. The van der Waals surface area contributed by atoms with Gasteiger partial charge in [-0.3, -0.25) is 0 Å². The zero-order chi connectivity index (χ0) is 44.0. The lowest BCUT2D eigenvalue weighted by molar-refractivity contribution is 0.563. The third-order valence-corrected chi connectivity index (χ3v) is 14.1. The molecular weight excluding hydrogens is 793 g/mol. The Bertz CT molecular complexity index is 3430. The van der Waals surface area contributed by atoms with Gasteiger partial charge in [0.05, 0.1) is 0 Å².